The molecule has 96 valence electrons. The van der Waals surface area contributed by atoms with Crippen LogP contribution in [0.1, 0.15) is 13.8 Å². The second kappa shape index (κ2) is 5.68. The molecule has 1 unspecified atom stereocenters. The highest BCUT2D eigenvalue weighted by Gasteiger charge is 2.08. The molecule has 0 aliphatic rings. The van der Waals surface area contributed by atoms with Crippen molar-refractivity contribution in [1.29, 1.82) is 0 Å². The van der Waals surface area contributed by atoms with Gasteiger partial charge in [-0.05, 0) is 42.9 Å². The summed E-state index contributed by atoms with van der Waals surface area (Å²) in [5.74, 6) is 0.241. The minimum absolute atomic E-state index is 0.271. The number of likely N-dealkylation sites (N-methyl/N-ethyl adjacent to an activating group) is 1. The first-order valence-electron chi connectivity index (χ1n) is 5.96. The molecule has 2 aromatic rings. The van der Waals surface area contributed by atoms with Crippen molar-refractivity contribution >= 4 is 0 Å². The molecule has 0 fully saturated rings. The van der Waals surface area contributed by atoms with Crippen LogP contribution in [0.5, 0.6) is 0 Å². The number of hydrogen-bond donors (Lipinski definition) is 1. The first-order valence-corrected chi connectivity index (χ1v) is 5.96. The molecule has 0 amide bonds. The number of aromatic nitrogens is 4. The van der Waals surface area contributed by atoms with E-state index in [0.717, 1.165) is 12.1 Å². The predicted octanol–water partition coefficient (Wildman–Crippen LogP) is 1.48. The molecule has 1 heterocycles. The summed E-state index contributed by atoms with van der Waals surface area (Å²) in [5.41, 5.74) is 0.763. The molecule has 0 bridgehead atoms. The van der Waals surface area contributed by atoms with Crippen molar-refractivity contribution in [3.05, 3.63) is 30.1 Å². The Morgan fingerprint density at radius 2 is 2.06 bits per heavy atom. The fraction of sp³-hybridized carbons (Fsp3) is 0.417. The topological polar surface area (TPSA) is 55.6 Å². The quantitative estimate of drug-likeness (QED) is 0.872. The molecule has 1 aromatic carbocycles. The van der Waals surface area contributed by atoms with Crippen molar-refractivity contribution in [3.63, 3.8) is 0 Å². The van der Waals surface area contributed by atoms with Crippen LogP contribution < -0.4 is 5.32 Å². The number of benzene rings is 1. The van der Waals surface area contributed by atoms with Crippen molar-refractivity contribution < 1.29 is 4.39 Å². The maximum absolute atomic E-state index is 12.8. The van der Waals surface area contributed by atoms with Gasteiger partial charge in [0.2, 0.25) is 5.82 Å². The van der Waals surface area contributed by atoms with Crippen molar-refractivity contribution in [1.82, 2.24) is 25.5 Å². The summed E-state index contributed by atoms with van der Waals surface area (Å²) in [6.45, 7) is 5.67. The van der Waals surface area contributed by atoms with Gasteiger partial charge in [-0.15, -0.1) is 10.2 Å². The summed E-state index contributed by atoms with van der Waals surface area (Å²) in [6.07, 6.45) is 0. The molecule has 5 nitrogen and oxygen atoms in total. The van der Waals surface area contributed by atoms with E-state index in [0.29, 0.717) is 12.4 Å². The van der Waals surface area contributed by atoms with Gasteiger partial charge in [0.05, 0.1) is 6.54 Å². The summed E-state index contributed by atoms with van der Waals surface area (Å²) in [5, 5.41) is 15.5. The summed E-state index contributed by atoms with van der Waals surface area (Å²) in [7, 11) is 0. The van der Waals surface area contributed by atoms with Crippen LogP contribution in [0.15, 0.2) is 24.3 Å². The van der Waals surface area contributed by atoms with Crippen LogP contribution in [0.25, 0.3) is 11.4 Å². The lowest BCUT2D eigenvalue weighted by Crippen LogP contribution is -2.30. The van der Waals surface area contributed by atoms with Gasteiger partial charge in [-0.2, -0.15) is 4.80 Å². The van der Waals surface area contributed by atoms with E-state index in [2.05, 4.69) is 34.6 Å². The van der Waals surface area contributed by atoms with Crippen LogP contribution >= 0.6 is 0 Å². The van der Waals surface area contributed by atoms with E-state index < -0.39 is 0 Å². The summed E-state index contributed by atoms with van der Waals surface area (Å²) in [4.78, 5) is 1.55. The summed E-state index contributed by atoms with van der Waals surface area (Å²) in [6, 6.07) is 6.34. The highest BCUT2D eigenvalue weighted by Crippen LogP contribution is 2.13. The maximum atomic E-state index is 12.8. The number of rotatable bonds is 5. The minimum atomic E-state index is -0.271. The van der Waals surface area contributed by atoms with E-state index in [4.69, 9.17) is 0 Å². The van der Waals surface area contributed by atoms with Gasteiger partial charge in [-0.3, -0.25) is 0 Å². The second-order valence-electron chi connectivity index (χ2n) is 4.13. The molecule has 0 radical (unpaired) electrons. The number of hydrogen-bond acceptors (Lipinski definition) is 4. The lowest BCUT2D eigenvalue weighted by molar-refractivity contribution is 0.420. The molecule has 0 aliphatic heterocycles. The molecule has 18 heavy (non-hydrogen) atoms. The number of nitrogens with one attached hydrogen (secondary N) is 1. The average Bonchev–Trinajstić information content (AvgIpc) is 2.78. The van der Waals surface area contributed by atoms with E-state index >= 15 is 0 Å². The molecule has 0 saturated heterocycles. The summed E-state index contributed by atoms with van der Waals surface area (Å²) >= 11 is 0. The third-order valence-corrected chi connectivity index (χ3v) is 2.55. The maximum Gasteiger partial charge on any atom is 0.204 e. The fourth-order valence-corrected chi connectivity index (χ4v) is 1.69. The molecule has 2 rings (SSSR count). The van der Waals surface area contributed by atoms with Crippen molar-refractivity contribution in [2.45, 2.75) is 26.4 Å². The van der Waals surface area contributed by atoms with E-state index in [1.807, 2.05) is 0 Å². The minimum Gasteiger partial charge on any atom is -0.313 e. The zero-order valence-corrected chi connectivity index (χ0v) is 10.5. The van der Waals surface area contributed by atoms with Crippen molar-refractivity contribution in [3.8, 4) is 11.4 Å². The van der Waals surface area contributed by atoms with Crippen LogP contribution in [0.2, 0.25) is 0 Å². The largest absolute Gasteiger partial charge is 0.313 e. The van der Waals surface area contributed by atoms with Gasteiger partial charge in [0.25, 0.3) is 0 Å². The highest BCUT2D eigenvalue weighted by atomic mass is 19.1. The zero-order chi connectivity index (χ0) is 13.0. The van der Waals surface area contributed by atoms with Crippen LogP contribution in [0, 0.1) is 5.82 Å². The van der Waals surface area contributed by atoms with Gasteiger partial charge >= 0.3 is 0 Å². The van der Waals surface area contributed by atoms with Gasteiger partial charge in [-0.1, -0.05) is 6.92 Å². The Balaban J connectivity index is 2.08. The van der Waals surface area contributed by atoms with Crippen LogP contribution in [-0.2, 0) is 6.54 Å². The van der Waals surface area contributed by atoms with Crippen LogP contribution in [0.4, 0.5) is 4.39 Å². The SMILES string of the molecule is CCNC(C)Cn1nnc(-c2ccc(F)cc2)n1. The molecular weight excluding hydrogens is 233 g/mol. The lowest BCUT2D eigenvalue weighted by atomic mass is 10.2. The van der Waals surface area contributed by atoms with E-state index in [-0.39, 0.29) is 11.9 Å². The molecule has 1 atom stereocenters. The van der Waals surface area contributed by atoms with Crippen LogP contribution in [-0.4, -0.2) is 32.8 Å². The fourth-order valence-electron chi connectivity index (χ4n) is 1.69. The Bertz CT molecular complexity index is 493. The average molecular weight is 249 g/mol. The summed E-state index contributed by atoms with van der Waals surface area (Å²) < 4.78 is 12.8. The van der Waals surface area contributed by atoms with Gasteiger partial charge in [-0.25, -0.2) is 4.39 Å². The molecular formula is C12H16FN5. The normalized spacial score (nSPS) is 12.6. The number of nitrogens with zero attached hydrogens (tertiary/aromatic N) is 4. The van der Waals surface area contributed by atoms with Gasteiger partial charge in [0, 0.05) is 11.6 Å². The van der Waals surface area contributed by atoms with Gasteiger partial charge in [0.1, 0.15) is 5.82 Å². The zero-order valence-electron chi connectivity index (χ0n) is 10.5. The van der Waals surface area contributed by atoms with Gasteiger partial charge in [0.15, 0.2) is 0 Å². The standard InChI is InChI=1S/C12H16FN5/c1-3-14-9(2)8-18-16-12(15-17-18)10-4-6-11(13)7-5-10/h4-7,9,14H,3,8H2,1-2H3. The molecule has 1 N–H and O–H groups in total. The lowest BCUT2D eigenvalue weighted by Gasteiger charge is -2.09. The van der Waals surface area contributed by atoms with Gasteiger partial charge < -0.3 is 5.32 Å². The Hall–Kier alpha value is -1.82. The first-order chi connectivity index (χ1) is 8.69. The Morgan fingerprint density at radius 3 is 2.72 bits per heavy atom. The number of tetrazole rings is 1. The van der Waals surface area contributed by atoms with Crippen molar-refractivity contribution in [2.24, 2.45) is 0 Å². The molecule has 1 aromatic heterocycles. The van der Waals surface area contributed by atoms with Crippen molar-refractivity contribution in [2.75, 3.05) is 6.54 Å². The highest BCUT2D eigenvalue weighted by molar-refractivity contribution is 5.53. The Kier molecular flexibility index (Phi) is 3.99. The monoisotopic (exact) mass is 249 g/mol. The Morgan fingerprint density at radius 1 is 1.33 bits per heavy atom. The first kappa shape index (κ1) is 12.6. The van der Waals surface area contributed by atoms with E-state index in [9.17, 15) is 4.39 Å². The predicted molar refractivity (Wildman–Crippen MR) is 66.3 cm³/mol. The smallest absolute Gasteiger partial charge is 0.204 e. The molecule has 6 heteroatoms. The molecule has 0 aliphatic carbocycles. The van der Waals surface area contributed by atoms with E-state index in [1.165, 1.54) is 12.1 Å². The second-order valence-corrected chi connectivity index (χ2v) is 4.13. The van der Waals surface area contributed by atoms with Crippen LogP contribution in [0.3, 0.4) is 0 Å². The third kappa shape index (κ3) is 3.10. The molecule has 0 saturated carbocycles. The third-order valence-electron chi connectivity index (χ3n) is 2.55. The number of halogens is 1. The Labute approximate surface area is 105 Å². The van der Waals surface area contributed by atoms with E-state index in [1.54, 1.807) is 16.9 Å². The molecule has 0 spiro atoms.